The first-order valence-corrected chi connectivity index (χ1v) is 7.93. The van der Waals surface area contributed by atoms with Crippen LogP contribution in [0, 0.1) is 0 Å². The Bertz CT molecular complexity index is 950. The van der Waals surface area contributed by atoms with Crippen molar-refractivity contribution in [3.63, 3.8) is 0 Å². The van der Waals surface area contributed by atoms with Crippen molar-refractivity contribution < 1.29 is 19.1 Å². The van der Waals surface area contributed by atoms with E-state index in [0.29, 0.717) is 5.39 Å². The number of H-pyrrole nitrogens is 1. The number of primary amides is 1. The summed E-state index contributed by atoms with van der Waals surface area (Å²) >= 11 is 0. The van der Waals surface area contributed by atoms with Crippen LogP contribution in [0.1, 0.15) is 15.9 Å². The molecule has 0 bridgehead atoms. The quantitative estimate of drug-likeness (QED) is 0.466. The van der Waals surface area contributed by atoms with Gasteiger partial charge in [-0.25, -0.2) is 4.79 Å². The van der Waals surface area contributed by atoms with Gasteiger partial charge in [-0.15, -0.1) is 0 Å². The van der Waals surface area contributed by atoms with Gasteiger partial charge in [0.15, 0.2) is 11.8 Å². The van der Waals surface area contributed by atoms with Crippen molar-refractivity contribution in [1.82, 2.24) is 10.3 Å². The van der Waals surface area contributed by atoms with Gasteiger partial charge in [0, 0.05) is 22.7 Å². The van der Waals surface area contributed by atoms with Crippen LogP contribution in [0.2, 0.25) is 0 Å². The monoisotopic (exact) mass is 351 g/mol. The highest BCUT2D eigenvalue weighted by Crippen LogP contribution is 2.19. The summed E-state index contributed by atoms with van der Waals surface area (Å²) in [7, 11) is 0. The average Bonchev–Trinajstić information content (AvgIpc) is 3.08. The number of carbonyl (C=O) groups is 3. The third-order valence-corrected chi connectivity index (χ3v) is 3.88. The van der Waals surface area contributed by atoms with Crippen LogP contribution in [0.25, 0.3) is 10.9 Å². The minimum Gasteiger partial charge on any atom is -0.445 e. The average molecular weight is 351 g/mol. The highest BCUT2D eigenvalue weighted by Gasteiger charge is 2.29. The molecule has 0 saturated heterocycles. The first kappa shape index (κ1) is 17.2. The van der Waals surface area contributed by atoms with Crippen LogP contribution in [-0.2, 0) is 16.1 Å². The van der Waals surface area contributed by atoms with Crippen LogP contribution in [0.15, 0.2) is 60.8 Å². The summed E-state index contributed by atoms with van der Waals surface area (Å²) in [6.45, 7) is 0.0133. The van der Waals surface area contributed by atoms with Crippen molar-refractivity contribution in [2.24, 2.45) is 5.73 Å². The second-order valence-electron chi connectivity index (χ2n) is 5.65. The van der Waals surface area contributed by atoms with Crippen LogP contribution >= 0.6 is 0 Å². The SMILES string of the molecule is NC(=O)C(NC(=O)OCc1ccccc1)C(=O)c1c[nH]c2ccccc12. The molecule has 4 N–H and O–H groups in total. The van der Waals surface area contributed by atoms with Gasteiger partial charge in [0.25, 0.3) is 0 Å². The second kappa shape index (κ2) is 7.52. The molecule has 3 rings (SSSR count). The fourth-order valence-corrected chi connectivity index (χ4v) is 2.58. The van der Waals surface area contributed by atoms with Crippen molar-refractivity contribution in [2.75, 3.05) is 0 Å². The third kappa shape index (κ3) is 3.72. The zero-order valence-corrected chi connectivity index (χ0v) is 13.8. The lowest BCUT2D eigenvalue weighted by Gasteiger charge is -2.14. The van der Waals surface area contributed by atoms with Gasteiger partial charge in [-0.3, -0.25) is 9.59 Å². The van der Waals surface area contributed by atoms with E-state index in [1.807, 2.05) is 24.3 Å². The van der Waals surface area contributed by atoms with Gasteiger partial charge in [0.05, 0.1) is 0 Å². The van der Waals surface area contributed by atoms with Gasteiger partial charge >= 0.3 is 6.09 Å². The van der Waals surface area contributed by atoms with E-state index in [0.717, 1.165) is 11.1 Å². The molecular weight excluding hydrogens is 334 g/mol. The number of ether oxygens (including phenoxy) is 1. The zero-order valence-electron chi connectivity index (χ0n) is 13.8. The van der Waals surface area contributed by atoms with Crippen LogP contribution in [0.4, 0.5) is 4.79 Å². The van der Waals surface area contributed by atoms with Gasteiger partial charge in [0.2, 0.25) is 5.91 Å². The number of amides is 2. The number of fused-ring (bicyclic) bond motifs is 1. The van der Waals surface area contributed by atoms with E-state index >= 15 is 0 Å². The normalized spacial score (nSPS) is 11.7. The number of nitrogens with one attached hydrogen (secondary N) is 2. The molecule has 0 aliphatic heterocycles. The summed E-state index contributed by atoms with van der Waals surface area (Å²) in [6, 6.07) is 14.6. The van der Waals surface area contributed by atoms with Crippen molar-refractivity contribution in [3.8, 4) is 0 Å². The Morgan fingerprint density at radius 2 is 1.73 bits per heavy atom. The smallest absolute Gasteiger partial charge is 0.408 e. The van der Waals surface area contributed by atoms with E-state index in [-0.39, 0.29) is 12.2 Å². The lowest BCUT2D eigenvalue weighted by molar-refractivity contribution is -0.118. The molecule has 0 saturated carbocycles. The maximum absolute atomic E-state index is 12.7. The number of aromatic nitrogens is 1. The fraction of sp³-hybridized carbons (Fsp3) is 0.105. The summed E-state index contributed by atoms with van der Waals surface area (Å²) in [5.74, 6) is -1.57. The Kier molecular flexibility index (Phi) is 4.98. The second-order valence-corrected chi connectivity index (χ2v) is 5.65. The minimum atomic E-state index is -1.52. The van der Waals surface area contributed by atoms with E-state index in [4.69, 9.17) is 10.5 Å². The molecule has 0 radical (unpaired) electrons. The number of carbonyl (C=O) groups excluding carboxylic acids is 3. The van der Waals surface area contributed by atoms with Crippen LogP contribution < -0.4 is 11.1 Å². The maximum atomic E-state index is 12.7. The molecule has 1 atom stereocenters. The van der Waals surface area contributed by atoms with Gasteiger partial charge < -0.3 is 20.8 Å². The topological polar surface area (TPSA) is 114 Å². The largest absolute Gasteiger partial charge is 0.445 e. The number of ketones is 1. The molecule has 26 heavy (non-hydrogen) atoms. The van der Waals surface area contributed by atoms with E-state index < -0.39 is 23.8 Å². The number of nitrogens with two attached hydrogens (primary N) is 1. The summed E-state index contributed by atoms with van der Waals surface area (Å²) in [5, 5.41) is 2.88. The highest BCUT2D eigenvalue weighted by atomic mass is 16.5. The maximum Gasteiger partial charge on any atom is 0.408 e. The van der Waals surface area contributed by atoms with Crippen molar-refractivity contribution in [2.45, 2.75) is 12.6 Å². The van der Waals surface area contributed by atoms with Crippen LogP contribution in [0.3, 0.4) is 0 Å². The Morgan fingerprint density at radius 3 is 2.46 bits per heavy atom. The van der Waals surface area contributed by atoms with E-state index in [9.17, 15) is 14.4 Å². The van der Waals surface area contributed by atoms with Crippen LogP contribution in [-0.4, -0.2) is 28.8 Å². The predicted molar refractivity (Wildman–Crippen MR) is 95.4 cm³/mol. The van der Waals surface area contributed by atoms with E-state index in [1.54, 1.807) is 30.3 Å². The lowest BCUT2D eigenvalue weighted by Crippen LogP contribution is -2.49. The number of hydrogen-bond donors (Lipinski definition) is 3. The van der Waals surface area contributed by atoms with Crippen molar-refractivity contribution >= 4 is 28.7 Å². The molecular formula is C19H17N3O4. The van der Waals surface area contributed by atoms with Gasteiger partial charge in [-0.1, -0.05) is 48.5 Å². The van der Waals surface area contributed by atoms with Crippen molar-refractivity contribution in [1.29, 1.82) is 0 Å². The van der Waals surface area contributed by atoms with Gasteiger partial charge in [-0.05, 0) is 11.6 Å². The lowest BCUT2D eigenvalue weighted by atomic mass is 10.0. The summed E-state index contributed by atoms with van der Waals surface area (Å²) in [5.41, 5.74) is 7.09. The molecule has 1 unspecified atom stereocenters. The summed E-state index contributed by atoms with van der Waals surface area (Å²) in [6.07, 6.45) is 0.589. The van der Waals surface area contributed by atoms with Crippen LogP contribution in [0.5, 0.6) is 0 Å². The Balaban J connectivity index is 1.71. The minimum absolute atomic E-state index is 0.0133. The van der Waals surface area contributed by atoms with E-state index in [2.05, 4.69) is 10.3 Å². The molecule has 1 aromatic heterocycles. The summed E-state index contributed by atoms with van der Waals surface area (Å²) < 4.78 is 5.05. The fourth-order valence-electron chi connectivity index (χ4n) is 2.58. The van der Waals surface area contributed by atoms with E-state index in [1.165, 1.54) is 6.20 Å². The molecule has 0 aliphatic rings. The standard InChI is InChI=1S/C19H17N3O4/c20-18(24)16(22-19(25)26-11-12-6-2-1-3-7-12)17(23)14-10-21-15-9-5-4-8-13(14)15/h1-10,16,21H,11H2,(H2,20,24)(H,22,25). The number of Topliss-reactive ketones (excluding diaryl/α,β-unsaturated/α-hetero) is 1. The molecule has 0 aliphatic carbocycles. The summed E-state index contributed by atoms with van der Waals surface area (Å²) in [4.78, 5) is 39.3. The Morgan fingerprint density at radius 1 is 1.04 bits per heavy atom. The molecule has 0 fully saturated rings. The number of aromatic amines is 1. The number of para-hydroxylation sites is 1. The van der Waals surface area contributed by atoms with Gasteiger partial charge in [-0.2, -0.15) is 0 Å². The Labute approximate surface area is 149 Å². The number of alkyl carbamates (subject to hydrolysis) is 1. The molecule has 2 aromatic carbocycles. The zero-order chi connectivity index (χ0) is 18.5. The molecule has 7 heteroatoms. The predicted octanol–water partition coefficient (Wildman–Crippen LogP) is 2.13. The number of rotatable bonds is 6. The first-order valence-electron chi connectivity index (χ1n) is 7.93. The molecule has 0 spiro atoms. The number of hydrogen-bond acceptors (Lipinski definition) is 4. The molecule has 2 amide bonds. The first-order chi connectivity index (χ1) is 12.6. The molecule has 132 valence electrons. The number of benzene rings is 2. The molecule has 7 nitrogen and oxygen atoms in total. The molecule has 1 heterocycles. The highest BCUT2D eigenvalue weighted by molar-refractivity contribution is 6.19. The van der Waals surface area contributed by atoms with Gasteiger partial charge in [0.1, 0.15) is 6.61 Å². The Hall–Kier alpha value is -3.61. The third-order valence-electron chi connectivity index (χ3n) is 3.88. The molecule has 3 aromatic rings. The van der Waals surface area contributed by atoms with Crippen molar-refractivity contribution in [3.05, 3.63) is 71.9 Å².